The van der Waals surface area contributed by atoms with Crippen molar-refractivity contribution in [3.05, 3.63) is 53.6 Å². The van der Waals surface area contributed by atoms with E-state index in [-0.39, 0.29) is 5.91 Å². The van der Waals surface area contributed by atoms with Gasteiger partial charge in [-0.15, -0.1) is 0 Å². The monoisotopic (exact) mass is 319 g/mol. The topological polar surface area (TPSA) is 47.6 Å². The molecule has 116 valence electrons. The number of ether oxygens (including phenoxy) is 2. The standard InChI is InChI=1S/C17H18ClNO3/c1-21-13-8-10-14(11-9-13)22-12-4-7-17(20)19-16-6-3-2-5-15(16)18/h2-3,5-6,8-11H,4,7,12H2,1H3,(H,19,20). The van der Waals surface area contributed by atoms with E-state index in [0.717, 1.165) is 11.5 Å². The molecule has 0 saturated heterocycles. The van der Waals surface area contributed by atoms with Crippen LogP contribution in [-0.4, -0.2) is 19.6 Å². The van der Waals surface area contributed by atoms with E-state index < -0.39 is 0 Å². The van der Waals surface area contributed by atoms with Gasteiger partial charge in [0.25, 0.3) is 0 Å². The fourth-order valence-corrected chi connectivity index (χ4v) is 2.05. The van der Waals surface area contributed by atoms with E-state index >= 15 is 0 Å². The molecular formula is C17H18ClNO3. The summed E-state index contributed by atoms with van der Waals surface area (Å²) < 4.78 is 10.6. The summed E-state index contributed by atoms with van der Waals surface area (Å²) >= 11 is 5.98. The van der Waals surface area contributed by atoms with Crippen LogP contribution in [0.3, 0.4) is 0 Å². The third-order valence-electron chi connectivity index (χ3n) is 3.02. The highest BCUT2D eigenvalue weighted by Crippen LogP contribution is 2.21. The van der Waals surface area contributed by atoms with Gasteiger partial charge in [0.15, 0.2) is 0 Å². The number of halogens is 1. The minimum atomic E-state index is -0.0774. The Labute approximate surface area is 135 Å². The van der Waals surface area contributed by atoms with Gasteiger partial charge in [0, 0.05) is 6.42 Å². The van der Waals surface area contributed by atoms with E-state index in [1.54, 1.807) is 19.2 Å². The highest BCUT2D eigenvalue weighted by Gasteiger charge is 2.05. The first-order valence-corrected chi connectivity index (χ1v) is 7.38. The fourth-order valence-electron chi connectivity index (χ4n) is 1.87. The zero-order valence-corrected chi connectivity index (χ0v) is 13.1. The predicted molar refractivity (Wildman–Crippen MR) is 87.8 cm³/mol. The Morgan fingerprint density at radius 2 is 1.77 bits per heavy atom. The van der Waals surface area contributed by atoms with E-state index in [1.807, 2.05) is 36.4 Å². The van der Waals surface area contributed by atoms with Crippen LogP contribution in [-0.2, 0) is 4.79 Å². The number of amides is 1. The first-order valence-electron chi connectivity index (χ1n) is 7.00. The van der Waals surface area contributed by atoms with Gasteiger partial charge >= 0.3 is 0 Å². The Bertz CT molecular complexity index is 614. The maximum Gasteiger partial charge on any atom is 0.224 e. The molecule has 22 heavy (non-hydrogen) atoms. The van der Waals surface area contributed by atoms with Crippen molar-refractivity contribution in [1.29, 1.82) is 0 Å². The van der Waals surface area contributed by atoms with Crippen LogP contribution in [0.4, 0.5) is 5.69 Å². The van der Waals surface area contributed by atoms with Crippen molar-refractivity contribution in [3.8, 4) is 11.5 Å². The molecule has 2 aromatic rings. The molecule has 0 fully saturated rings. The lowest BCUT2D eigenvalue weighted by Crippen LogP contribution is -2.13. The Kier molecular flexibility index (Phi) is 6.10. The quantitative estimate of drug-likeness (QED) is 0.780. The van der Waals surface area contributed by atoms with Gasteiger partial charge in [-0.25, -0.2) is 0 Å². The Hall–Kier alpha value is -2.20. The van der Waals surface area contributed by atoms with Gasteiger partial charge in [0.1, 0.15) is 11.5 Å². The number of rotatable bonds is 7. The summed E-state index contributed by atoms with van der Waals surface area (Å²) in [5.41, 5.74) is 0.630. The molecule has 0 aromatic heterocycles. The molecule has 0 atom stereocenters. The molecule has 2 aromatic carbocycles. The molecule has 0 bridgehead atoms. The lowest BCUT2D eigenvalue weighted by atomic mass is 10.2. The number of carbonyl (C=O) groups excluding carboxylic acids is 1. The number of carbonyl (C=O) groups is 1. The lowest BCUT2D eigenvalue weighted by molar-refractivity contribution is -0.116. The Morgan fingerprint density at radius 1 is 1.09 bits per heavy atom. The summed E-state index contributed by atoms with van der Waals surface area (Å²) in [6.07, 6.45) is 1.00. The van der Waals surface area contributed by atoms with E-state index in [2.05, 4.69) is 5.32 Å². The molecule has 0 radical (unpaired) electrons. The molecule has 2 rings (SSSR count). The van der Waals surface area contributed by atoms with Crippen molar-refractivity contribution in [2.75, 3.05) is 19.0 Å². The third kappa shape index (κ3) is 4.97. The van der Waals surface area contributed by atoms with Gasteiger partial charge in [-0.05, 0) is 42.8 Å². The fraction of sp³-hybridized carbons (Fsp3) is 0.235. The second-order valence-corrected chi connectivity index (χ2v) is 5.06. The molecule has 0 aliphatic heterocycles. The normalized spacial score (nSPS) is 10.1. The maximum absolute atomic E-state index is 11.8. The summed E-state index contributed by atoms with van der Waals surface area (Å²) in [4.78, 5) is 11.8. The third-order valence-corrected chi connectivity index (χ3v) is 3.35. The second kappa shape index (κ2) is 8.29. The molecular weight excluding hydrogens is 302 g/mol. The molecule has 0 aliphatic carbocycles. The van der Waals surface area contributed by atoms with Crippen molar-refractivity contribution in [1.82, 2.24) is 0 Å². The first-order chi connectivity index (χ1) is 10.7. The molecule has 5 heteroatoms. The van der Waals surface area contributed by atoms with E-state index in [4.69, 9.17) is 21.1 Å². The second-order valence-electron chi connectivity index (χ2n) is 4.66. The summed E-state index contributed by atoms with van der Waals surface area (Å²) in [6.45, 7) is 0.474. The van der Waals surface area contributed by atoms with Crippen molar-refractivity contribution in [2.24, 2.45) is 0 Å². The SMILES string of the molecule is COc1ccc(OCCCC(=O)Nc2ccccc2Cl)cc1. The lowest BCUT2D eigenvalue weighted by Gasteiger charge is -2.08. The van der Waals surface area contributed by atoms with Gasteiger partial charge in [-0.2, -0.15) is 0 Å². The largest absolute Gasteiger partial charge is 0.497 e. The highest BCUT2D eigenvalue weighted by atomic mass is 35.5. The molecule has 0 aliphatic rings. The van der Waals surface area contributed by atoms with Gasteiger partial charge in [0.2, 0.25) is 5.91 Å². The van der Waals surface area contributed by atoms with E-state index in [1.165, 1.54) is 0 Å². The van der Waals surface area contributed by atoms with Crippen LogP contribution in [0.25, 0.3) is 0 Å². The van der Waals surface area contributed by atoms with Crippen LogP contribution in [0.2, 0.25) is 5.02 Å². The van der Waals surface area contributed by atoms with Crippen LogP contribution >= 0.6 is 11.6 Å². The van der Waals surface area contributed by atoms with Crippen LogP contribution in [0.15, 0.2) is 48.5 Å². The number of benzene rings is 2. The number of hydrogen-bond donors (Lipinski definition) is 1. The van der Waals surface area contributed by atoms with Crippen molar-refractivity contribution >= 4 is 23.2 Å². The molecule has 4 nitrogen and oxygen atoms in total. The number of nitrogens with one attached hydrogen (secondary N) is 1. The minimum Gasteiger partial charge on any atom is -0.497 e. The Morgan fingerprint density at radius 3 is 2.45 bits per heavy atom. The van der Waals surface area contributed by atoms with Crippen LogP contribution in [0.5, 0.6) is 11.5 Å². The van der Waals surface area contributed by atoms with E-state index in [0.29, 0.717) is 30.2 Å². The van der Waals surface area contributed by atoms with Gasteiger partial charge in [-0.3, -0.25) is 4.79 Å². The number of anilines is 1. The smallest absolute Gasteiger partial charge is 0.224 e. The summed E-state index contributed by atoms with van der Waals surface area (Å²) in [6, 6.07) is 14.5. The van der Waals surface area contributed by atoms with Gasteiger partial charge in [-0.1, -0.05) is 23.7 Å². The van der Waals surface area contributed by atoms with Crippen molar-refractivity contribution < 1.29 is 14.3 Å². The zero-order chi connectivity index (χ0) is 15.8. The molecule has 0 unspecified atom stereocenters. The molecule has 1 N–H and O–H groups in total. The molecule has 0 saturated carbocycles. The minimum absolute atomic E-state index is 0.0774. The summed E-state index contributed by atoms with van der Waals surface area (Å²) in [5.74, 6) is 1.46. The van der Waals surface area contributed by atoms with Crippen LogP contribution in [0.1, 0.15) is 12.8 Å². The molecule has 0 spiro atoms. The van der Waals surface area contributed by atoms with Crippen molar-refractivity contribution in [3.63, 3.8) is 0 Å². The first kappa shape index (κ1) is 16.2. The average molecular weight is 320 g/mol. The predicted octanol–water partition coefficient (Wildman–Crippen LogP) is 4.15. The average Bonchev–Trinajstić information content (AvgIpc) is 2.54. The number of para-hydroxylation sites is 1. The summed E-state index contributed by atoms with van der Waals surface area (Å²) in [7, 11) is 1.62. The Balaban J connectivity index is 1.69. The van der Waals surface area contributed by atoms with Crippen molar-refractivity contribution in [2.45, 2.75) is 12.8 Å². The highest BCUT2D eigenvalue weighted by molar-refractivity contribution is 6.33. The van der Waals surface area contributed by atoms with Gasteiger partial charge < -0.3 is 14.8 Å². The summed E-state index contributed by atoms with van der Waals surface area (Å²) in [5, 5.41) is 3.31. The maximum atomic E-state index is 11.8. The van der Waals surface area contributed by atoms with Crippen LogP contribution in [0, 0.1) is 0 Å². The van der Waals surface area contributed by atoms with Gasteiger partial charge in [0.05, 0.1) is 24.4 Å². The number of methoxy groups -OCH3 is 1. The number of hydrogen-bond acceptors (Lipinski definition) is 3. The van der Waals surface area contributed by atoms with Crippen LogP contribution < -0.4 is 14.8 Å². The molecule has 0 heterocycles. The van der Waals surface area contributed by atoms with E-state index in [9.17, 15) is 4.79 Å². The molecule has 1 amide bonds. The zero-order valence-electron chi connectivity index (χ0n) is 12.3.